The molecule has 154 valence electrons. The summed E-state index contributed by atoms with van der Waals surface area (Å²) >= 11 is 0. The minimum Gasteiger partial charge on any atom is -0.496 e. The zero-order chi connectivity index (χ0) is 20.8. The number of amides is 1. The van der Waals surface area contributed by atoms with Gasteiger partial charge < -0.3 is 19.8 Å². The highest BCUT2D eigenvalue weighted by Crippen LogP contribution is 2.28. The molecule has 6 heteroatoms. The van der Waals surface area contributed by atoms with Gasteiger partial charge in [0.05, 0.1) is 20.3 Å². The summed E-state index contributed by atoms with van der Waals surface area (Å²) in [6, 6.07) is 12.4. The van der Waals surface area contributed by atoms with Crippen LogP contribution in [-0.4, -0.2) is 47.0 Å². The molecule has 1 atom stereocenters. The molecule has 1 unspecified atom stereocenters. The van der Waals surface area contributed by atoms with Gasteiger partial charge in [0.25, 0.3) is 5.91 Å². The van der Waals surface area contributed by atoms with Gasteiger partial charge in [0.2, 0.25) is 0 Å². The maximum atomic E-state index is 12.9. The van der Waals surface area contributed by atoms with Crippen LogP contribution < -0.4 is 4.74 Å². The summed E-state index contributed by atoms with van der Waals surface area (Å²) in [5.74, 6) is 0.428. The highest BCUT2D eigenvalue weighted by atomic mass is 16.5. The molecule has 2 N–H and O–H groups in total. The van der Waals surface area contributed by atoms with Crippen molar-refractivity contribution in [1.29, 1.82) is 0 Å². The Morgan fingerprint density at radius 3 is 2.52 bits per heavy atom. The first-order valence-electron chi connectivity index (χ1n) is 9.86. The fourth-order valence-corrected chi connectivity index (χ4v) is 3.93. The monoisotopic (exact) mass is 397 g/mol. The molecule has 0 aliphatic carbocycles. The minimum atomic E-state index is -0.282. The fourth-order valence-electron chi connectivity index (χ4n) is 3.93. The van der Waals surface area contributed by atoms with Crippen LogP contribution in [0.3, 0.4) is 0 Å². The molecule has 1 saturated heterocycles. The summed E-state index contributed by atoms with van der Waals surface area (Å²) in [5.41, 5.74) is 2.09. The Hall–Kier alpha value is -2.70. The van der Waals surface area contributed by atoms with E-state index in [-0.39, 0.29) is 30.8 Å². The molecule has 3 rings (SSSR count). The normalized spacial score (nSPS) is 16.5. The Morgan fingerprint density at radius 2 is 1.86 bits per heavy atom. The number of ketones is 1. The molecule has 1 heterocycles. The van der Waals surface area contributed by atoms with Crippen molar-refractivity contribution >= 4 is 11.7 Å². The van der Waals surface area contributed by atoms with Crippen LogP contribution in [0.15, 0.2) is 42.5 Å². The Bertz CT molecular complexity index is 840. The van der Waals surface area contributed by atoms with E-state index in [0.717, 1.165) is 12.8 Å². The zero-order valence-electron chi connectivity index (χ0n) is 16.6. The number of piperidine rings is 1. The van der Waals surface area contributed by atoms with Crippen molar-refractivity contribution < 1.29 is 24.5 Å². The summed E-state index contributed by atoms with van der Waals surface area (Å²) < 4.78 is 5.28. The Labute approximate surface area is 170 Å². The van der Waals surface area contributed by atoms with Gasteiger partial charge in [-0.15, -0.1) is 0 Å². The lowest BCUT2D eigenvalue weighted by Gasteiger charge is -2.32. The van der Waals surface area contributed by atoms with E-state index in [2.05, 4.69) is 0 Å². The molecule has 0 radical (unpaired) electrons. The third-order valence-corrected chi connectivity index (χ3v) is 5.47. The summed E-state index contributed by atoms with van der Waals surface area (Å²) in [6.07, 6.45) is 2.08. The number of hydrogen-bond donors (Lipinski definition) is 2. The Kier molecular flexibility index (Phi) is 7.01. The third kappa shape index (κ3) is 4.83. The summed E-state index contributed by atoms with van der Waals surface area (Å²) in [5, 5.41) is 19.1. The predicted octanol–water partition coefficient (Wildman–Crippen LogP) is 2.81. The average molecular weight is 397 g/mol. The second-order valence-corrected chi connectivity index (χ2v) is 7.39. The quantitative estimate of drug-likeness (QED) is 0.702. The lowest BCUT2D eigenvalue weighted by Crippen LogP contribution is -2.40. The number of nitrogens with zero attached hydrogens (tertiary/aromatic N) is 1. The standard InChI is InChI=1S/C23H27NO5/c1-29-22-12-18(11-19(14-25)20(22)15-26)21(27)10-16-6-5-9-24(13-16)23(28)17-7-3-2-4-8-17/h2-4,7-8,11-12,16,25-26H,5-6,9-10,13-15H2,1H3. The van der Waals surface area contributed by atoms with Crippen LogP contribution in [0.1, 0.15) is 51.1 Å². The summed E-state index contributed by atoms with van der Waals surface area (Å²) in [6.45, 7) is 0.702. The molecule has 2 aromatic carbocycles. The number of benzene rings is 2. The van der Waals surface area contributed by atoms with Crippen LogP contribution in [0.25, 0.3) is 0 Å². The number of aliphatic hydroxyl groups is 2. The zero-order valence-corrected chi connectivity index (χ0v) is 16.6. The van der Waals surface area contributed by atoms with Crippen LogP contribution in [0.5, 0.6) is 5.75 Å². The largest absolute Gasteiger partial charge is 0.496 e. The van der Waals surface area contributed by atoms with E-state index in [1.807, 2.05) is 35.2 Å². The van der Waals surface area contributed by atoms with E-state index in [4.69, 9.17) is 4.74 Å². The van der Waals surface area contributed by atoms with Gasteiger partial charge in [-0.1, -0.05) is 18.2 Å². The molecular weight excluding hydrogens is 370 g/mol. The number of methoxy groups -OCH3 is 1. The Morgan fingerprint density at radius 1 is 1.10 bits per heavy atom. The number of carbonyl (C=O) groups is 2. The number of carbonyl (C=O) groups excluding carboxylic acids is 2. The van der Waals surface area contributed by atoms with Crippen LogP contribution >= 0.6 is 0 Å². The molecule has 6 nitrogen and oxygen atoms in total. The highest BCUT2D eigenvalue weighted by molar-refractivity contribution is 5.97. The molecule has 2 aromatic rings. The fraction of sp³-hybridized carbons (Fsp3) is 0.391. The summed E-state index contributed by atoms with van der Waals surface area (Å²) in [4.78, 5) is 27.4. The van der Waals surface area contributed by atoms with E-state index >= 15 is 0 Å². The van der Waals surface area contributed by atoms with Gasteiger partial charge in [0.1, 0.15) is 5.75 Å². The van der Waals surface area contributed by atoms with Crippen molar-refractivity contribution in [1.82, 2.24) is 4.90 Å². The van der Waals surface area contributed by atoms with Gasteiger partial charge in [0.15, 0.2) is 5.78 Å². The molecule has 1 fully saturated rings. The molecule has 1 aliphatic rings. The first-order chi connectivity index (χ1) is 14.1. The van der Waals surface area contributed by atoms with Gasteiger partial charge in [-0.05, 0) is 48.6 Å². The molecule has 29 heavy (non-hydrogen) atoms. The maximum Gasteiger partial charge on any atom is 0.253 e. The SMILES string of the molecule is COc1cc(C(=O)CC2CCCN(C(=O)c3ccccc3)C2)cc(CO)c1CO. The third-order valence-electron chi connectivity index (χ3n) is 5.47. The van der Waals surface area contributed by atoms with E-state index in [1.54, 1.807) is 12.1 Å². The van der Waals surface area contributed by atoms with Crippen LogP contribution in [0, 0.1) is 5.92 Å². The first kappa shape index (κ1) is 21.0. The smallest absolute Gasteiger partial charge is 0.253 e. The number of hydrogen-bond acceptors (Lipinski definition) is 5. The van der Waals surface area contributed by atoms with E-state index in [0.29, 0.717) is 47.5 Å². The van der Waals surface area contributed by atoms with Gasteiger partial charge in [-0.2, -0.15) is 0 Å². The molecule has 1 amide bonds. The van der Waals surface area contributed by atoms with Gasteiger partial charge in [-0.25, -0.2) is 0 Å². The van der Waals surface area contributed by atoms with Gasteiger partial charge >= 0.3 is 0 Å². The van der Waals surface area contributed by atoms with Crippen LogP contribution in [-0.2, 0) is 13.2 Å². The highest BCUT2D eigenvalue weighted by Gasteiger charge is 2.27. The number of rotatable bonds is 7. The van der Waals surface area contributed by atoms with E-state index in [9.17, 15) is 19.8 Å². The lowest BCUT2D eigenvalue weighted by molar-refractivity contribution is 0.0652. The number of Topliss-reactive ketones (excluding diaryl/α,β-unsaturated/α-hetero) is 1. The molecule has 0 saturated carbocycles. The van der Waals surface area contributed by atoms with Crippen molar-refractivity contribution in [3.8, 4) is 5.75 Å². The molecule has 0 aromatic heterocycles. The van der Waals surface area contributed by atoms with Crippen molar-refractivity contribution in [2.24, 2.45) is 5.92 Å². The minimum absolute atomic E-state index is 0.000663. The van der Waals surface area contributed by atoms with E-state index in [1.165, 1.54) is 7.11 Å². The van der Waals surface area contributed by atoms with Crippen LogP contribution in [0.2, 0.25) is 0 Å². The second-order valence-electron chi connectivity index (χ2n) is 7.39. The summed E-state index contributed by atoms with van der Waals surface area (Å²) in [7, 11) is 1.47. The second kappa shape index (κ2) is 9.67. The number of aliphatic hydroxyl groups excluding tert-OH is 2. The van der Waals surface area contributed by atoms with Gasteiger partial charge in [0, 0.05) is 36.2 Å². The van der Waals surface area contributed by atoms with E-state index < -0.39 is 0 Å². The number of likely N-dealkylation sites (tertiary alicyclic amines) is 1. The molecular formula is C23H27NO5. The predicted molar refractivity (Wildman–Crippen MR) is 109 cm³/mol. The topological polar surface area (TPSA) is 87.1 Å². The maximum absolute atomic E-state index is 12.9. The first-order valence-corrected chi connectivity index (χ1v) is 9.86. The van der Waals surface area contributed by atoms with Crippen molar-refractivity contribution in [3.05, 3.63) is 64.7 Å². The van der Waals surface area contributed by atoms with Crippen LogP contribution in [0.4, 0.5) is 0 Å². The molecule has 1 aliphatic heterocycles. The van der Waals surface area contributed by atoms with Crippen molar-refractivity contribution in [3.63, 3.8) is 0 Å². The average Bonchev–Trinajstić information content (AvgIpc) is 2.78. The lowest BCUT2D eigenvalue weighted by atomic mass is 9.89. The molecule has 0 bridgehead atoms. The van der Waals surface area contributed by atoms with Crippen molar-refractivity contribution in [2.75, 3.05) is 20.2 Å². The Balaban J connectivity index is 1.71. The number of ether oxygens (including phenoxy) is 1. The van der Waals surface area contributed by atoms with Gasteiger partial charge in [-0.3, -0.25) is 9.59 Å². The van der Waals surface area contributed by atoms with Crippen molar-refractivity contribution in [2.45, 2.75) is 32.5 Å². The molecule has 0 spiro atoms.